The van der Waals surface area contributed by atoms with Crippen LogP contribution in [0.15, 0.2) is 123 Å². The predicted octanol–water partition coefficient (Wildman–Crippen LogP) is 6.31. The van der Waals surface area contributed by atoms with E-state index in [0.29, 0.717) is 48.9 Å². The van der Waals surface area contributed by atoms with Crippen LogP contribution in [-0.2, 0) is 11.4 Å². The van der Waals surface area contributed by atoms with Gasteiger partial charge in [0.05, 0.1) is 38.5 Å². The van der Waals surface area contributed by atoms with Crippen LogP contribution in [0.1, 0.15) is 46.9 Å². The molecule has 0 unspecified atom stereocenters. The van der Waals surface area contributed by atoms with Crippen LogP contribution < -0.4 is 29.7 Å². The molecule has 0 spiro atoms. The van der Waals surface area contributed by atoms with Crippen molar-refractivity contribution in [3.63, 3.8) is 0 Å². The molecule has 0 saturated heterocycles. The average Bonchev–Trinajstić information content (AvgIpc) is 3.38. The number of rotatable bonds is 10. The summed E-state index contributed by atoms with van der Waals surface area (Å²) >= 11 is 4.83. The van der Waals surface area contributed by atoms with Gasteiger partial charge in [-0.15, -0.1) is 0 Å². The van der Waals surface area contributed by atoms with E-state index in [1.54, 1.807) is 35.8 Å². The molecule has 242 valence electrons. The minimum Gasteiger partial charge on any atom is -0.494 e. The fourth-order valence-electron chi connectivity index (χ4n) is 5.34. The van der Waals surface area contributed by atoms with Crippen molar-refractivity contribution in [2.45, 2.75) is 26.5 Å². The summed E-state index contributed by atoms with van der Waals surface area (Å²) in [5.41, 5.74) is 3.83. The van der Waals surface area contributed by atoms with Crippen molar-refractivity contribution >= 4 is 50.9 Å². The Labute approximate surface area is 288 Å². The van der Waals surface area contributed by atoms with E-state index in [-0.39, 0.29) is 23.6 Å². The van der Waals surface area contributed by atoms with Gasteiger partial charge in [-0.3, -0.25) is 14.2 Å². The topological polar surface area (TPSA) is 119 Å². The highest BCUT2D eigenvalue weighted by Gasteiger charge is 2.32. The molecule has 0 fully saturated rings. The molecule has 0 radical (unpaired) electrons. The van der Waals surface area contributed by atoms with Crippen molar-refractivity contribution in [2.75, 3.05) is 11.9 Å². The Bertz CT molecular complexity index is 2210. The maximum atomic E-state index is 14.1. The Hall–Kier alpha value is -5.26. The van der Waals surface area contributed by atoms with Crippen molar-refractivity contribution < 1.29 is 24.2 Å². The lowest BCUT2D eigenvalue weighted by molar-refractivity contribution is -0.113. The van der Waals surface area contributed by atoms with Gasteiger partial charge >= 0.3 is 5.97 Å². The Morgan fingerprint density at radius 3 is 2.40 bits per heavy atom. The number of fused-ring (bicyclic) bond motifs is 1. The molecule has 1 amide bonds. The molecule has 0 bridgehead atoms. The number of thiazole rings is 1. The van der Waals surface area contributed by atoms with Gasteiger partial charge in [-0.05, 0) is 101 Å². The zero-order valence-electron chi connectivity index (χ0n) is 26.0. The van der Waals surface area contributed by atoms with Gasteiger partial charge < -0.3 is 19.9 Å². The molecular formula is C37H30BrN3O6S. The van der Waals surface area contributed by atoms with Crippen LogP contribution in [0.25, 0.3) is 6.08 Å². The molecule has 0 saturated carbocycles. The van der Waals surface area contributed by atoms with E-state index >= 15 is 0 Å². The number of carbonyl (C=O) groups excluding carboxylic acids is 1. The van der Waals surface area contributed by atoms with Gasteiger partial charge in [0, 0.05) is 5.69 Å². The molecule has 11 heteroatoms. The molecule has 1 aliphatic rings. The third-order valence-electron chi connectivity index (χ3n) is 7.65. The van der Waals surface area contributed by atoms with Crippen LogP contribution in [0.5, 0.6) is 11.5 Å². The summed E-state index contributed by atoms with van der Waals surface area (Å²) in [4.78, 5) is 44.2. The zero-order valence-corrected chi connectivity index (χ0v) is 28.4. The van der Waals surface area contributed by atoms with Crippen LogP contribution in [0.2, 0.25) is 0 Å². The summed E-state index contributed by atoms with van der Waals surface area (Å²) in [5.74, 6) is -0.0353. The van der Waals surface area contributed by atoms with Gasteiger partial charge in [-0.25, -0.2) is 9.79 Å². The van der Waals surface area contributed by atoms with Gasteiger partial charge in [0.1, 0.15) is 18.1 Å². The first-order chi connectivity index (χ1) is 23.2. The van der Waals surface area contributed by atoms with Gasteiger partial charge in [-0.2, -0.15) is 0 Å². The number of hydrogen-bond acceptors (Lipinski definition) is 7. The highest BCUT2D eigenvalue weighted by Crippen LogP contribution is 2.32. The number of nitrogens with one attached hydrogen (secondary N) is 1. The standard InChI is InChI=1S/C37H30BrN3O6S/c1-3-46-28-16-14-25(15-17-28)33-32(34(42)40-27-7-5-4-6-8-27)22(2)39-37-41(33)35(43)31(48-37)20-24-11-18-30(29(38)19-24)47-21-23-9-12-26(13-10-23)36(44)45/h4-20,33H,3,21H2,1-2H3,(H,40,42)(H,44,45)/b31-20+/t33-/m0/s1. The van der Waals surface area contributed by atoms with E-state index in [1.807, 2.05) is 73.7 Å². The molecule has 1 aromatic heterocycles. The summed E-state index contributed by atoms with van der Waals surface area (Å²) in [6.07, 6.45) is 1.79. The van der Waals surface area contributed by atoms with Crippen molar-refractivity contribution in [3.8, 4) is 11.5 Å². The van der Waals surface area contributed by atoms with Crippen LogP contribution >= 0.6 is 27.3 Å². The maximum absolute atomic E-state index is 14.1. The number of carboxylic acids is 1. The summed E-state index contributed by atoms with van der Waals surface area (Å²) in [6.45, 7) is 4.47. The average molecular weight is 725 g/mol. The van der Waals surface area contributed by atoms with E-state index in [4.69, 9.17) is 19.6 Å². The van der Waals surface area contributed by atoms with E-state index in [0.717, 1.165) is 16.7 Å². The number of ether oxygens (including phenoxy) is 2. The van der Waals surface area contributed by atoms with Crippen LogP contribution in [0, 0.1) is 0 Å². The minimum absolute atomic E-state index is 0.210. The number of para-hydroxylation sites is 1. The molecule has 48 heavy (non-hydrogen) atoms. The molecule has 5 aromatic rings. The molecule has 2 N–H and O–H groups in total. The fourth-order valence-corrected chi connectivity index (χ4v) is 6.90. The van der Waals surface area contributed by atoms with Crippen LogP contribution in [-0.4, -0.2) is 28.2 Å². The first-order valence-electron chi connectivity index (χ1n) is 15.1. The minimum atomic E-state index is -0.982. The highest BCUT2D eigenvalue weighted by atomic mass is 79.9. The first kappa shape index (κ1) is 32.7. The zero-order chi connectivity index (χ0) is 33.8. The number of amides is 1. The van der Waals surface area contributed by atoms with E-state index in [9.17, 15) is 14.4 Å². The number of carboxylic acid groups (broad SMARTS) is 1. The Morgan fingerprint density at radius 1 is 1.00 bits per heavy atom. The molecule has 0 aliphatic carbocycles. The van der Waals surface area contributed by atoms with Crippen LogP contribution in [0.4, 0.5) is 5.69 Å². The van der Waals surface area contributed by atoms with Gasteiger partial charge in [0.15, 0.2) is 4.80 Å². The lowest BCUT2D eigenvalue weighted by Gasteiger charge is -2.25. The third kappa shape index (κ3) is 7.02. The van der Waals surface area contributed by atoms with Crippen molar-refractivity contribution in [3.05, 3.63) is 155 Å². The lowest BCUT2D eigenvalue weighted by atomic mass is 9.95. The van der Waals surface area contributed by atoms with Crippen molar-refractivity contribution in [1.82, 2.24) is 4.57 Å². The third-order valence-corrected chi connectivity index (χ3v) is 9.26. The number of nitrogens with zero attached hydrogens (tertiary/aromatic N) is 2. The summed E-state index contributed by atoms with van der Waals surface area (Å²) < 4.78 is 14.3. The van der Waals surface area contributed by atoms with E-state index < -0.39 is 12.0 Å². The SMILES string of the molecule is CCOc1ccc([C@H]2C(C(=O)Nc3ccccc3)=C(C)N=c3s/c(=C/c4ccc(OCc5ccc(C(=O)O)cc5)c(Br)c4)c(=O)n32)cc1. The lowest BCUT2D eigenvalue weighted by Crippen LogP contribution is -2.40. The Balaban J connectivity index is 1.33. The van der Waals surface area contributed by atoms with Crippen molar-refractivity contribution in [2.24, 2.45) is 4.99 Å². The van der Waals surface area contributed by atoms with Gasteiger partial charge in [0.25, 0.3) is 11.5 Å². The fraction of sp³-hybridized carbons (Fsp3) is 0.135. The van der Waals surface area contributed by atoms with E-state index in [2.05, 4.69) is 21.2 Å². The summed E-state index contributed by atoms with van der Waals surface area (Å²) in [6, 6.07) is 27.9. The maximum Gasteiger partial charge on any atom is 0.335 e. The number of hydrogen-bond donors (Lipinski definition) is 2. The van der Waals surface area contributed by atoms with Gasteiger partial charge in [-0.1, -0.05) is 59.9 Å². The monoisotopic (exact) mass is 723 g/mol. The number of carbonyl (C=O) groups is 2. The Kier molecular flexibility index (Phi) is 9.70. The Morgan fingerprint density at radius 2 is 1.73 bits per heavy atom. The highest BCUT2D eigenvalue weighted by molar-refractivity contribution is 9.10. The largest absolute Gasteiger partial charge is 0.494 e. The number of anilines is 1. The second kappa shape index (κ2) is 14.2. The van der Waals surface area contributed by atoms with Crippen LogP contribution in [0.3, 0.4) is 0 Å². The molecule has 9 nitrogen and oxygen atoms in total. The predicted molar refractivity (Wildman–Crippen MR) is 188 cm³/mol. The first-order valence-corrected chi connectivity index (χ1v) is 16.7. The number of benzene rings is 4. The number of aromatic carboxylic acids is 1. The number of aromatic nitrogens is 1. The van der Waals surface area contributed by atoms with Crippen molar-refractivity contribution in [1.29, 1.82) is 0 Å². The molecule has 2 heterocycles. The second-order valence-corrected chi connectivity index (χ2v) is 12.7. The summed E-state index contributed by atoms with van der Waals surface area (Å²) in [7, 11) is 0. The smallest absolute Gasteiger partial charge is 0.335 e. The number of halogens is 1. The van der Waals surface area contributed by atoms with Gasteiger partial charge in [0.2, 0.25) is 0 Å². The molecule has 4 aromatic carbocycles. The molecular weight excluding hydrogens is 694 g/mol. The normalized spacial score (nSPS) is 14.2. The quantitative estimate of drug-likeness (QED) is 0.174. The summed E-state index contributed by atoms with van der Waals surface area (Å²) in [5, 5.41) is 12.1. The second-order valence-electron chi connectivity index (χ2n) is 10.9. The molecule has 1 aliphatic heterocycles. The molecule has 1 atom stereocenters. The molecule has 6 rings (SSSR count). The number of allylic oxidation sites excluding steroid dienone is 1. The van der Waals surface area contributed by atoms with E-state index in [1.165, 1.54) is 23.5 Å².